The molecule has 1 aromatic carbocycles. The van der Waals surface area contributed by atoms with Crippen molar-refractivity contribution in [2.24, 2.45) is 12.0 Å². The van der Waals surface area contributed by atoms with Crippen LogP contribution in [0.2, 0.25) is 5.02 Å². The fraction of sp³-hybridized carbons (Fsp3) is 0.158. The van der Waals surface area contributed by atoms with Gasteiger partial charge in [0.1, 0.15) is 11.4 Å². The van der Waals surface area contributed by atoms with Gasteiger partial charge in [0.05, 0.1) is 24.0 Å². The Morgan fingerprint density at radius 3 is 3.00 bits per heavy atom. The lowest BCUT2D eigenvalue weighted by Crippen LogP contribution is -2.13. The van der Waals surface area contributed by atoms with Gasteiger partial charge >= 0.3 is 0 Å². The number of aromatic nitrogens is 3. The van der Waals surface area contributed by atoms with Crippen molar-refractivity contribution in [2.45, 2.75) is 6.42 Å². The Hall–Kier alpha value is -3.19. The number of aryl methyl sites for hydroxylation is 1. The van der Waals surface area contributed by atoms with E-state index in [0.717, 1.165) is 5.56 Å². The molecule has 0 unspecified atom stereocenters. The standard InChI is InChI=1S/C19H16ClN5O2/c1-25-10-15(18(24-25)13-7-12(20)3-4-16(13)27-2)23-19(26)14-9-21-8-11-5-6-22-17(11)14/h3-4,6-10H,5H2,1-2H3,(H,23,26). The van der Waals surface area contributed by atoms with Crippen molar-refractivity contribution in [3.8, 4) is 17.0 Å². The highest BCUT2D eigenvalue weighted by atomic mass is 35.5. The highest BCUT2D eigenvalue weighted by Gasteiger charge is 2.21. The Labute approximate surface area is 160 Å². The van der Waals surface area contributed by atoms with Crippen LogP contribution < -0.4 is 10.1 Å². The number of nitrogens with one attached hydrogen (secondary N) is 1. The van der Waals surface area contributed by atoms with Crippen molar-refractivity contribution in [2.75, 3.05) is 12.4 Å². The second kappa shape index (κ2) is 6.85. The Kier molecular flexibility index (Phi) is 4.37. The highest BCUT2D eigenvalue weighted by molar-refractivity contribution is 6.31. The molecule has 0 atom stereocenters. The highest BCUT2D eigenvalue weighted by Crippen LogP contribution is 2.36. The van der Waals surface area contributed by atoms with Crippen LogP contribution in [0.5, 0.6) is 5.75 Å². The van der Waals surface area contributed by atoms with Crippen LogP contribution in [0.15, 0.2) is 41.8 Å². The van der Waals surface area contributed by atoms with E-state index in [9.17, 15) is 4.79 Å². The summed E-state index contributed by atoms with van der Waals surface area (Å²) in [7, 11) is 3.35. The first-order chi connectivity index (χ1) is 13.1. The molecule has 0 bridgehead atoms. The smallest absolute Gasteiger partial charge is 0.259 e. The van der Waals surface area contributed by atoms with Crippen LogP contribution in [0, 0.1) is 0 Å². The summed E-state index contributed by atoms with van der Waals surface area (Å²) in [5, 5.41) is 7.93. The van der Waals surface area contributed by atoms with Gasteiger partial charge in [-0.3, -0.25) is 19.5 Å². The van der Waals surface area contributed by atoms with Gasteiger partial charge in [-0.1, -0.05) is 11.6 Å². The van der Waals surface area contributed by atoms with Gasteiger partial charge in [-0.2, -0.15) is 5.10 Å². The molecule has 3 heterocycles. The predicted octanol–water partition coefficient (Wildman–Crippen LogP) is 3.65. The molecular formula is C19H16ClN5O2. The summed E-state index contributed by atoms with van der Waals surface area (Å²) in [5.74, 6) is 0.314. The van der Waals surface area contributed by atoms with Crippen molar-refractivity contribution in [1.29, 1.82) is 0 Å². The molecule has 0 spiro atoms. The van der Waals surface area contributed by atoms with Gasteiger partial charge in [0, 0.05) is 54.4 Å². The molecule has 0 saturated carbocycles. The SMILES string of the molecule is COc1ccc(Cl)cc1-c1nn(C)cc1NC(=O)c1cncc2c1N=CC2. The number of hydrogen-bond donors (Lipinski definition) is 1. The normalized spacial score (nSPS) is 12.1. The van der Waals surface area contributed by atoms with E-state index in [4.69, 9.17) is 16.3 Å². The predicted molar refractivity (Wildman–Crippen MR) is 104 cm³/mol. The van der Waals surface area contributed by atoms with Crippen molar-refractivity contribution >= 4 is 35.1 Å². The number of pyridine rings is 1. The van der Waals surface area contributed by atoms with Crippen molar-refractivity contribution < 1.29 is 9.53 Å². The summed E-state index contributed by atoms with van der Waals surface area (Å²) < 4.78 is 7.04. The Morgan fingerprint density at radius 1 is 1.33 bits per heavy atom. The average Bonchev–Trinajstić information content (AvgIpc) is 3.27. The zero-order valence-corrected chi connectivity index (χ0v) is 15.5. The van der Waals surface area contributed by atoms with Gasteiger partial charge in [0.25, 0.3) is 5.91 Å². The third-order valence-electron chi connectivity index (χ3n) is 4.26. The van der Waals surface area contributed by atoms with E-state index in [0.29, 0.717) is 45.4 Å². The molecule has 1 aliphatic heterocycles. The number of ether oxygens (including phenoxy) is 1. The number of benzene rings is 1. The zero-order valence-electron chi connectivity index (χ0n) is 14.7. The minimum absolute atomic E-state index is 0.298. The van der Waals surface area contributed by atoms with E-state index in [1.54, 1.807) is 55.6 Å². The van der Waals surface area contributed by atoms with Gasteiger partial charge in [-0.25, -0.2) is 0 Å². The van der Waals surface area contributed by atoms with Crippen LogP contribution in [0.4, 0.5) is 11.4 Å². The summed E-state index contributed by atoms with van der Waals surface area (Å²) in [6.45, 7) is 0. The first kappa shape index (κ1) is 17.2. The summed E-state index contributed by atoms with van der Waals surface area (Å²) in [6.07, 6.45) is 7.43. The maximum Gasteiger partial charge on any atom is 0.259 e. The van der Waals surface area contributed by atoms with E-state index in [1.807, 2.05) is 0 Å². The first-order valence-corrected chi connectivity index (χ1v) is 8.63. The molecule has 1 N–H and O–H groups in total. The number of anilines is 1. The molecule has 136 valence electrons. The third kappa shape index (κ3) is 3.17. The molecule has 8 heteroatoms. The van der Waals surface area contributed by atoms with Crippen LogP contribution in [0.1, 0.15) is 15.9 Å². The van der Waals surface area contributed by atoms with Crippen molar-refractivity contribution in [3.05, 3.63) is 52.9 Å². The number of methoxy groups -OCH3 is 1. The quantitative estimate of drug-likeness (QED) is 0.747. The molecule has 7 nitrogen and oxygen atoms in total. The fourth-order valence-electron chi connectivity index (χ4n) is 3.03. The minimum Gasteiger partial charge on any atom is -0.496 e. The third-order valence-corrected chi connectivity index (χ3v) is 4.50. The molecule has 2 aromatic heterocycles. The molecule has 0 radical (unpaired) electrons. The Morgan fingerprint density at radius 2 is 2.19 bits per heavy atom. The van der Waals surface area contributed by atoms with Crippen LogP contribution >= 0.6 is 11.6 Å². The van der Waals surface area contributed by atoms with E-state index in [2.05, 4.69) is 20.4 Å². The number of carbonyl (C=O) groups excluding carboxylic acids is 1. The zero-order chi connectivity index (χ0) is 19.0. The Bertz CT molecular complexity index is 1070. The first-order valence-electron chi connectivity index (χ1n) is 8.25. The van der Waals surface area contributed by atoms with E-state index < -0.39 is 0 Å². The van der Waals surface area contributed by atoms with Crippen LogP contribution in [-0.4, -0.2) is 34.0 Å². The molecule has 3 aromatic rings. The summed E-state index contributed by atoms with van der Waals surface area (Å²) in [5.41, 5.74) is 3.82. The number of carbonyl (C=O) groups is 1. The molecule has 0 aliphatic carbocycles. The average molecular weight is 382 g/mol. The summed E-state index contributed by atoms with van der Waals surface area (Å²) >= 11 is 6.15. The van der Waals surface area contributed by atoms with Crippen LogP contribution in [-0.2, 0) is 13.5 Å². The maximum atomic E-state index is 12.9. The van der Waals surface area contributed by atoms with Crippen molar-refractivity contribution in [1.82, 2.24) is 14.8 Å². The lowest BCUT2D eigenvalue weighted by Gasteiger charge is -2.10. The van der Waals surface area contributed by atoms with Gasteiger partial charge in [0.15, 0.2) is 0 Å². The maximum absolute atomic E-state index is 12.9. The van der Waals surface area contributed by atoms with Gasteiger partial charge < -0.3 is 10.1 Å². The van der Waals surface area contributed by atoms with Gasteiger partial charge in [-0.05, 0) is 18.2 Å². The van der Waals surface area contributed by atoms with E-state index >= 15 is 0 Å². The number of fused-ring (bicyclic) bond motifs is 1. The molecule has 27 heavy (non-hydrogen) atoms. The van der Waals surface area contributed by atoms with Crippen molar-refractivity contribution in [3.63, 3.8) is 0 Å². The second-order valence-corrected chi connectivity index (χ2v) is 6.51. The van der Waals surface area contributed by atoms with Gasteiger partial charge in [-0.15, -0.1) is 0 Å². The second-order valence-electron chi connectivity index (χ2n) is 6.07. The summed E-state index contributed by atoms with van der Waals surface area (Å²) in [6, 6.07) is 5.26. The molecule has 1 aliphatic rings. The molecule has 0 fully saturated rings. The monoisotopic (exact) mass is 381 g/mol. The van der Waals surface area contributed by atoms with Crippen LogP contribution in [0.3, 0.4) is 0 Å². The number of rotatable bonds is 4. The fourth-order valence-corrected chi connectivity index (χ4v) is 3.21. The van der Waals surface area contributed by atoms with Gasteiger partial charge in [0.2, 0.25) is 0 Å². The molecule has 0 saturated heterocycles. The number of halogens is 1. The number of hydrogen-bond acceptors (Lipinski definition) is 5. The lowest BCUT2D eigenvalue weighted by molar-refractivity contribution is 0.102. The topological polar surface area (TPSA) is 81.4 Å². The van der Waals surface area contributed by atoms with Crippen LogP contribution in [0.25, 0.3) is 11.3 Å². The lowest BCUT2D eigenvalue weighted by atomic mass is 10.1. The molecular weight excluding hydrogens is 366 g/mol. The number of aliphatic imine (C=N–C) groups is 1. The molecule has 1 amide bonds. The summed E-state index contributed by atoms with van der Waals surface area (Å²) in [4.78, 5) is 21.3. The van der Waals surface area contributed by atoms with E-state index in [-0.39, 0.29) is 5.91 Å². The number of amides is 1. The molecule has 4 rings (SSSR count). The largest absolute Gasteiger partial charge is 0.496 e. The minimum atomic E-state index is -0.298. The number of nitrogens with zero attached hydrogens (tertiary/aromatic N) is 4. The van der Waals surface area contributed by atoms with E-state index in [1.165, 1.54) is 6.20 Å². The Balaban J connectivity index is 1.73.